The number of amides is 1. The van der Waals surface area contributed by atoms with Gasteiger partial charge in [-0.2, -0.15) is 0 Å². The van der Waals surface area contributed by atoms with Gasteiger partial charge in [0.1, 0.15) is 0 Å². The van der Waals surface area contributed by atoms with Crippen molar-refractivity contribution in [3.63, 3.8) is 0 Å². The Morgan fingerprint density at radius 1 is 1.09 bits per heavy atom. The van der Waals surface area contributed by atoms with Crippen LogP contribution in [0.3, 0.4) is 0 Å². The maximum Gasteiger partial charge on any atom is 0.278 e. The highest BCUT2D eigenvalue weighted by atomic mass is 16.3. The lowest BCUT2D eigenvalue weighted by atomic mass is 10.1. The molecule has 0 radical (unpaired) electrons. The van der Waals surface area contributed by atoms with Crippen molar-refractivity contribution in [2.75, 3.05) is 5.32 Å². The highest BCUT2D eigenvalue weighted by Crippen LogP contribution is 2.25. The number of aromatic nitrogens is 1. The van der Waals surface area contributed by atoms with Crippen LogP contribution < -0.4 is 5.32 Å². The quantitative estimate of drug-likeness (QED) is 0.786. The van der Waals surface area contributed by atoms with Gasteiger partial charge in [-0.25, -0.2) is 4.98 Å². The van der Waals surface area contributed by atoms with Crippen LogP contribution in [0.4, 0.5) is 5.69 Å². The number of hydrogen-bond donors (Lipinski definition) is 1. The van der Waals surface area contributed by atoms with Crippen molar-refractivity contribution in [2.24, 2.45) is 0 Å². The Bertz CT molecular complexity index is 821. The molecule has 0 aliphatic rings. The molecule has 1 N–H and O–H groups in total. The van der Waals surface area contributed by atoms with E-state index in [0.29, 0.717) is 5.76 Å². The Balaban J connectivity index is 1.92. The van der Waals surface area contributed by atoms with Crippen LogP contribution in [0.5, 0.6) is 0 Å². The first-order valence-electron chi connectivity index (χ1n) is 7.02. The number of anilines is 1. The average Bonchev–Trinajstić information content (AvgIpc) is 2.99. The highest BCUT2D eigenvalue weighted by Gasteiger charge is 2.18. The summed E-state index contributed by atoms with van der Waals surface area (Å²) < 4.78 is 5.42. The molecule has 22 heavy (non-hydrogen) atoms. The fraction of sp³-hybridized carbons (Fsp3) is 0.111. The monoisotopic (exact) mass is 292 g/mol. The predicted molar refractivity (Wildman–Crippen MR) is 85.8 cm³/mol. The summed E-state index contributed by atoms with van der Waals surface area (Å²) in [6.45, 7) is 3.94. The summed E-state index contributed by atoms with van der Waals surface area (Å²) in [7, 11) is 0. The zero-order chi connectivity index (χ0) is 15.5. The van der Waals surface area contributed by atoms with Gasteiger partial charge in [-0.3, -0.25) is 4.79 Å². The van der Waals surface area contributed by atoms with Gasteiger partial charge in [-0.15, -0.1) is 0 Å². The second-order valence-corrected chi connectivity index (χ2v) is 5.17. The third-order valence-corrected chi connectivity index (χ3v) is 3.46. The molecule has 0 bridgehead atoms. The summed E-state index contributed by atoms with van der Waals surface area (Å²) in [5.74, 6) is 0.203. The summed E-state index contributed by atoms with van der Waals surface area (Å²) in [6.07, 6.45) is 1.30. The molecular formula is C18H16N2O2. The third kappa shape index (κ3) is 2.76. The molecule has 4 heteroatoms. The lowest BCUT2D eigenvalue weighted by Gasteiger charge is -2.07. The minimum Gasteiger partial charge on any atom is -0.443 e. The maximum absolute atomic E-state index is 12.5. The van der Waals surface area contributed by atoms with E-state index in [1.807, 2.05) is 62.4 Å². The van der Waals surface area contributed by atoms with E-state index < -0.39 is 0 Å². The van der Waals surface area contributed by atoms with Crippen molar-refractivity contribution < 1.29 is 9.21 Å². The summed E-state index contributed by atoms with van der Waals surface area (Å²) >= 11 is 0. The van der Waals surface area contributed by atoms with E-state index in [4.69, 9.17) is 4.42 Å². The van der Waals surface area contributed by atoms with Crippen LogP contribution in [0.15, 0.2) is 59.3 Å². The van der Waals surface area contributed by atoms with Crippen LogP contribution in [0.25, 0.3) is 11.3 Å². The number of oxazole rings is 1. The van der Waals surface area contributed by atoms with Gasteiger partial charge in [-0.1, -0.05) is 42.0 Å². The van der Waals surface area contributed by atoms with Crippen LogP contribution in [-0.4, -0.2) is 10.9 Å². The second kappa shape index (κ2) is 5.85. The molecule has 0 saturated heterocycles. The lowest BCUT2D eigenvalue weighted by Crippen LogP contribution is -2.14. The van der Waals surface area contributed by atoms with Crippen LogP contribution in [0.1, 0.15) is 21.6 Å². The van der Waals surface area contributed by atoms with Crippen LogP contribution in [0, 0.1) is 13.8 Å². The smallest absolute Gasteiger partial charge is 0.278 e. The number of carbonyl (C=O) groups is 1. The summed E-state index contributed by atoms with van der Waals surface area (Å²) in [6, 6.07) is 15.4. The Hall–Kier alpha value is -2.88. The minimum absolute atomic E-state index is 0.278. The molecule has 1 heterocycles. The molecule has 0 unspecified atom stereocenters. The molecule has 0 atom stereocenters. The first-order chi connectivity index (χ1) is 10.6. The average molecular weight is 292 g/mol. The highest BCUT2D eigenvalue weighted by molar-refractivity contribution is 6.06. The fourth-order valence-corrected chi connectivity index (χ4v) is 2.29. The molecule has 1 amide bonds. The fourth-order valence-electron chi connectivity index (χ4n) is 2.29. The maximum atomic E-state index is 12.5. The van der Waals surface area contributed by atoms with Gasteiger partial charge in [0.15, 0.2) is 17.8 Å². The Morgan fingerprint density at radius 2 is 1.91 bits per heavy atom. The molecule has 0 aliphatic carbocycles. The van der Waals surface area contributed by atoms with E-state index in [-0.39, 0.29) is 11.6 Å². The zero-order valence-corrected chi connectivity index (χ0v) is 12.5. The van der Waals surface area contributed by atoms with E-state index in [9.17, 15) is 4.79 Å². The number of aryl methyl sites for hydroxylation is 2. The molecule has 3 aromatic rings. The molecule has 1 aromatic heterocycles. The number of carbonyl (C=O) groups excluding carboxylic acids is 1. The van der Waals surface area contributed by atoms with E-state index in [2.05, 4.69) is 10.3 Å². The molecule has 0 aliphatic heterocycles. The van der Waals surface area contributed by atoms with Crippen LogP contribution >= 0.6 is 0 Å². The van der Waals surface area contributed by atoms with Gasteiger partial charge < -0.3 is 9.73 Å². The summed E-state index contributed by atoms with van der Waals surface area (Å²) in [5.41, 5.74) is 3.99. The van der Waals surface area contributed by atoms with Gasteiger partial charge in [-0.05, 0) is 31.5 Å². The minimum atomic E-state index is -0.278. The zero-order valence-electron chi connectivity index (χ0n) is 12.5. The molecule has 0 spiro atoms. The number of nitrogens with zero attached hydrogens (tertiary/aromatic N) is 1. The van der Waals surface area contributed by atoms with Crippen molar-refractivity contribution in [3.8, 4) is 11.3 Å². The van der Waals surface area contributed by atoms with Crippen molar-refractivity contribution in [2.45, 2.75) is 13.8 Å². The molecule has 0 fully saturated rings. The first kappa shape index (κ1) is 14.1. The standard InChI is InChI=1S/C18H16N2O2/c1-12-6-5-8-14(10-12)17-16(19-11-22-17)18(21)20-15-9-4-3-7-13(15)2/h3-11H,1-2H3,(H,20,21). The van der Waals surface area contributed by atoms with Crippen molar-refractivity contribution >= 4 is 11.6 Å². The second-order valence-electron chi connectivity index (χ2n) is 5.17. The molecule has 3 rings (SSSR count). The van der Waals surface area contributed by atoms with Crippen LogP contribution in [-0.2, 0) is 0 Å². The van der Waals surface area contributed by atoms with E-state index >= 15 is 0 Å². The van der Waals surface area contributed by atoms with Crippen LogP contribution in [0.2, 0.25) is 0 Å². The summed E-state index contributed by atoms with van der Waals surface area (Å²) in [5, 5.41) is 2.88. The van der Waals surface area contributed by atoms with Gasteiger partial charge >= 0.3 is 0 Å². The number of nitrogens with one attached hydrogen (secondary N) is 1. The number of benzene rings is 2. The molecule has 2 aromatic carbocycles. The van der Waals surface area contributed by atoms with E-state index in [1.165, 1.54) is 6.39 Å². The van der Waals surface area contributed by atoms with E-state index in [1.54, 1.807) is 0 Å². The Kier molecular flexibility index (Phi) is 3.74. The predicted octanol–water partition coefficient (Wildman–Crippen LogP) is 4.21. The van der Waals surface area contributed by atoms with Crippen molar-refractivity contribution in [3.05, 3.63) is 71.7 Å². The molecule has 0 saturated carbocycles. The van der Waals surface area contributed by atoms with Gasteiger partial charge in [0.05, 0.1) is 0 Å². The van der Waals surface area contributed by atoms with E-state index in [0.717, 1.165) is 22.4 Å². The number of hydrogen-bond acceptors (Lipinski definition) is 3. The SMILES string of the molecule is Cc1cccc(-c2ocnc2C(=O)Nc2ccccc2C)c1. The largest absolute Gasteiger partial charge is 0.443 e. The number of rotatable bonds is 3. The molecule has 4 nitrogen and oxygen atoms in total. The summed E-state index contributed by atoms with van der Waals surface area (Å²) in [4.78, 5) is 16.5. The molecular weight excluding hydrogens is 276 g/mol. The third-order valence-electron chi connectivity index (χ3n) is 3.46. The van der Waals surface area contributed by atoms with Crippen molar-refractivity contribution in [1.29, 1.82) is 0 Å². The topological polar surface area (TPSA) is 55.1 Å². The van der Waals surface area contributed by atoms with Gasteiger partial charge in [0.25, 0.3) is 5.91 Å². The first-order valence-corrected chi connectivity index (χ1v) is 7.02. The number of para-hydroxylation sites is 1. The van der Waals surface area contributed by atoms with Crippen molar-refractivity contribution in [1.82, 2.24) is 4.98 Å². The Morgan fingerprint density at radius 3 is 2.68 bits per heavy atom. The van der Waals surface area contributed by atoms with Gasteiger partial charge in [0, 0.05) is 11.3 Å². The Labute approximate surface area is 128 Å². The normalized spacial score (nSPS) is 10.5. The molecule has 110 valence electrons. The van der Waals surface area contributed by atoms with Gasteiger partial charge in [0.2, 0.25) is 0 Å². The lowest BCUT2D eigenvalue weighted by molar-refractivity contribution is 0.102.